The molecule has 1 amide bonds. The third-order valence-electron chi connectivity index (χ3n) is 5.48. The van der Waals surface area contributed by atoms with Gasteiger partial charge in [-0.15, -0.1) is 0 Å². The second-order valence-corrected chi connectivity index (χ2v) is 7.37. The fourth-order valence-corrected chi connectivity index (χ4v) is 3.61. The largest absolute Gasteiger partial charge is 0.360 e. The highest BCUT2D eigenvalue weighted by atomic mass is 16.2. The minimum Gasteiger partial charge on any atom is -0.360 e. The molecule has 1 aliphatic rings. The van der Waals surface area contributed by atoms with E-state index in [9.17, 15) is 4.79 Å². The first kappa shape index (κ1) is 18.5. The van der Waals surface area contributed by atoms with Crippen LogP contribution in [0.25, 0.3) is 0 Å². The van der Waals surface area contributed by atoms with Gasteiger partial charge in [0, 0.05) is 19.3 Å². The van der Waals surface area contributed by atoms with Crippen LogP contribution in [-0.4, -0.2) is 50.6 Å². The topological polar surface area (TPSA) is 28.0 Å². The SMILES string of the molecule is Cc1cccc(N2CC[NH+](CC(=O)N(C)Cc3ccccc3)CC2)c1C. The summed E-state index contributed by atoms with van der Waals surface area (Å²) in [5.74, 6) is 0.226. The van der Waals surface area contributed by atoms with Gasteiger partial charge in [0.15, 0.2) is 6.54 Å². The summed E-state index contributed by atoms with van der Waals surface area (Å²) in [7, 11) is 1.90. The molecule has 4 heteroatoms. The number of rotatable bonds is 5. The second-order valence-electron chi connectivity index (χ2n) is 7.37. The number of anilines is 1. The van der Waals surface area contributed by atoms with Gasteiger partial charge in [0.05, 0.1) is 26.2 Å². The maximum atomic E-state index is 12.6. The van der Waals surface area contributed by atoms with Gasteiger partial charge in [-0.1, -0.05) is 42.5 Å². The van der Waals surface area contributed by atoms with E-state index in [4.69, 9.17) is 0 Å². The Bertz CT molecular complexity index is 736. The molecule has 4 nitrogen and oxygen atoms in total. The molecule has 1 aliphatic heterocycles. The zero-order valence-electron chi connectivity index (χ0n) is 16.2. The molecular weight excluding hydrogens is 322 g/mol. The fourth-order valence-electron chi connectivity index (χ4n) is 3.61. The van der Waals surface area contributed by atoms with Gasteiger partial charge in [-0.2, -0.15) is 0 Å². The third kappa shape index (κ3) is 4.44. The summed E-state index contributed by atoms with van der Waals surface area (Å²) < 4.78 is 0. The van der Waals surface area contributed by atoms with E-state index in [-0.39, 0.29) is 5.91 Å². The number of benzene rings is 2. The fraction of sp³-hybridized carbons (Fsp3) is 0.409. The minimum atomic E-state index is 0.226. The first-order valence-electron chi connectivity index (χ1n) is 9.47. The lowest BCUT2D eigenvalue weighted by molar-refractivity contribution is -0.892. The van der Waals surface area contributed by atoms with E-state index in [1.807, 2.05) is 30.1 Å². The summed E-state index contributed by atoms with van der Waals surface area (Å²) in [5, 5.41) is 0. The summed E-state index contributed by atoms with van der Waals surface area (Å²) in [5.41, 5.74) is 5.24. The monoisotopic (exact) mass is 352 g/mol. The molecule has 1 N–H and O–H groups in total. The van der Waals surface area contributed by atoms with Gasteiger partial charge < -0.3 is 14.7 Å². The summed E-state index contributed by atoms with van der Waals surface area (Å²) >= 11 is 0. The molecule has 138 valence electrons. The van der Waals surface area contributed by atoms with Crippen LogP contribution in [0.5, 0.6) is 0 Å². The number of hydrogen-bond donors (Lipinski definition) is 1. The lowest BCUT2D eigenvalue weighted by Gasteiger charge is -2.35. The van der Waals surface area contributed by atoms with Crippen molar-refractivity contribution in [1.82, 2.24) is 4.90 Å². The predicted octanol–water partition coefficient (Wildman–Crippen LogP) is 1.67. The Morgan fingerprint density at radius 3 is 2.42 bits per heavy atom. The average Bonchev–Trinajstić information content (AvgIpc) is 2.65. The maximum absolute atomic E-state index is 12.6. The van der Waals surface area contributed by atoms with E-state index in [1.165, 1.54) is 27.3 Å². The van der Waals surface area contributed by atoms with Crippen LogP contribution in [0.3, 0.4) is 0 Å². The third-order valence-corrected chi connectivity index (χ3v) is 5.48. The van der Waals surface area contributed by atoms with Crippen LogP contribution in [0, 0.1) is 13.8 Å². The molecule has 0 unspecified atom stereocenters. The molecule has 1 heterocycles. The number of hydrogen-bond acceptors (Lipinski definition) is 2. The zero-order chi connectivity index (χ0) is 18.5. The van der Waals surface area contributed by atoms with Gasteiger partial charge in [0.1, 0.15) is 0 Å². The molecule has 3 rings (SSSR count). The number of likely N-dealkylation sites (N-methyl/N-ethyl adjacent to an activating group) is 1. The second kappa shape index (κ2) is 8.37. The lowest BCUT2D eigenvalue weighted by Crippen LogP contribution is -3.15. The van der Waals surface area contributed by atoms with Crippen molar-refractivity contribution in [1.29, 1.82) is 0 Å². The standard InChI is InChI=1S/C22H29N3O/c1-18-8-7-11-21(19(18)2)25-14-12-24(13-15-25)17-22(26)23(3)16-20-9-5-4-6-10-20/h4-11H,12-17H2,1-3H3/p+1. The molecule has 0 aromatic heterocycles. The van der Waals surface area contributed by atoms with Crippen molar-refractivity contribution in [3.8, 4) is 0 Å². The van der Waals surface area contributed by atoms with E-state index in [1.54, 1.807) is 0 Å². The van der Waals surface area contributed by atoms with Crippen molar-refractivity contribution >= 4 is 11.6 Å². The Kier molecular flexibility index (Phi) is 5.94. The molecule has 2 aromatic carbocycles. The number of aryl methyl sites for hydroxylation is 1. The van der Waals surface area contributed by atoms with Crippen LogP contribution < -0.4 is 9.80 Å². The Labute approximate surface area is 157 Å². The zero-order valence-corrected chi connectivity index (χ0v) is 16.2. The number of quaternary nitrogens is 1. The first-order chi connectivity index (χ1) is 12.5. The summed E-state index contributed by atoms with van der Waals surface area (Å²) in [4.78, 5) is 18.3. The molecule has 2 aromatic rings. The molecule has 0 bridgehead atoms. The van der Waals surface area contributed by atoms with Crippen LogP contribution in [0.2, 0.25) is 0 Å². The van der Waals surface area contributed by atoms with E-state index in [2.05, 4.69) is 49.1 Å². The number of carbonyl (C=O) groups excluding carboxylic acids is 1. The van der Waals surface area contributed by atoms with E-state index in [0.29, 0.717) is 13.1 Å². The average molecular weight is 353 g/mol. The molecule has 1 saturated heterocycles. The number of nitrogens with zero attached hydrogens (tertiary/aromatic N) is 2. The van der Waals surface area contributed by atoms with Gasteiger partial charge in [-0.3, -0.25) is 4.79 Å². The first-order valence-corrected chi connectivity index (χ1v) is 9.47. The molecule has 0 aliphatic carbocycles. The maximum Gasteiger partial charge on any atom is 0.277 e. The number of piperazine rings is 1. The van der Waals surface area contributed by atoms with E-state index >= 15 is 0 Å². The Morgan fingerprint density at radius 2 is 1.73 bits per heavy atom. The van der Waals surface area contributed by atoms with Crippen molar-refractivity contribution in [2.24, 2.45) is 0 Å². The van der Waals surface area contributed by atoms with Crippen LogP contribution >= 0.6 is 0 Å². The number of carbonyl (C=O) groups is 1. The summed E-state index contributed by atoms with van der Waals surface area (Å²) in [6, 6.07) is 16.7. The smallest absolute Gasteiger partial charge is 0.277 e. The van der Waals surface area contributed by atoms with Crippen molar-refractivity contribution in [2.45, 2.75) is 20.4 Å². The van der Waals surface area contributed by atoms with Crippen molar-refractivity contribution in [3.05, 3.63) is 65.2 Å². The van der Waals surface area contributed by atoms with Gasteiger partial charge >= 0.3 is 0 Å². The van der Waals surface area contributed by atoms with Gasteiger partial charge in [0.2, 0.25) is 0 Å². The quantitative estimate of drug-likeness (QED) is 0.887. The van der Waals surface area contributed by atoms with Crippen LogP contribution in [0.4, 0.5) is 5.69 Å². The molecule has 0 spiro atoms. The highest BCUT2D eigenvalue weighted by Crippen LogP contribution is 2.22. The Balaban J connectivity index is 1.50. The van der Waals surface area contributed by atoms with E-state index < -0.39 is 0 Å². The Hall–Kier alpha value is -2.33. The van der Waals surface area contributed by atoms with Crippen LogP contribution in [0.15, 0.2) is 48.5 Å². The normalized spacial score (nSPS) is 15.1. The number of amides is 1. The van der Waals surface area contributed by atoms with Gasteiger partial charge in [0.25, 0.3) is 5.91 Å². The van der Waals surface area contributed by atoms with Gasteiger partial charge in [-0.25, -0.2) is 0 Å². The molecule has 0 atom stereocenters. The summed E-state index contributed by atoms with van der Waals surface area (Å²) in [6.07, 6.45) is 0. The highest BCUT2D eigenvalue weighted by Gasteiger charge is 2.24. The van der Waals surface area contributed by atoms with Crippen LogP contribution in [0.1, 0.15) is 16.7 Å². The molecule has 0 saturated carbocycles. The highest BCUT2D eigenvalue weighted by molar-refractivity contribution is 5.76. The van der Waals surface area contributed by atoms with Crippen LogP contribution in [-0.2, 0) is 11.3 Å². The number of nitrogens with one attached hydrogen (secondary N) is 1. The molecule has 26 heavy (non-hydrogen) atoms. The molecule has 1 fully saturated rings. The van der Waals surface area contributed by atoms with Crippen molar-refractivity contribution in [2.75, 3.05) is 44.7 Å². The van der Waals surface area contributed by atoms with E-state index in [0.717, 1.165) is 26.2 Å². The van der Waals surface area contributed by atoms with Crippen molar-refractivity contribution < 1.29 is 9.69 Å². The summed E-state index contributed by atoms with van der Waals surface area (Å²) in [6.45, 7) is 9.68. The minimum absolute atomic E-state index is 0.226. The Morgan fingerprint density at radius 1 is 1.04 bits per heavy atom. The molecular formula is C22H30N3O+. The van der Waals surface area contributed by atoms with Crippen molar-refractivity contribution in [3.63, 3.8) is 0 Å². The predicted molar refractivity (Wildman–Crippen MR) is 107 cm³/mol. The lowest BCUT2D eigenvalue weighted by atomic mass is 10.1. The van der Waals surface area contributed by atoms with Gasteiger partial charge in [-0.05, 0) is 36.6 Å². The molecule has 0 radical (unpaired) electrons.